The summed E-state index contributed by atoms with van der Waals surface area (Å²) >= 11 is 0. The summed E-state index contributed by atoms with van der Waals surface area (Å²) in [6.45, 7) is 4.63. The topological polar surface area (TPSA) is 56.0 Å². The molecule has 0 aliphatic carbocycles. The zero-order valence-electron chi connectivity index (χ0n) is 11.9. The Balaban J connectivity index is 1.69. The Morgan fingerprint density at radius 3 is 3.00 bits per heavy atom. The number of likely N-dealkylation sites (tertiary alicyclic amines) is 1. The van der Waals surface area contributed by atoms with Crippen LogP contribution in [-0.4, -0.2) is 37.3 Å². The van der Waals surface area contributed by atoms with Gasteiger partial charge in [-0.1, -0.05) is 0 Å². The molecule has 106 valence electrons. The van der Waals surface area contributed by atoms with Gasteiger partial charge in [0.15, 0.2) is 0 Å². The molecule has 1 aliphatic heterocycles. The second kappa shape index (κ2) is 5.20. The molecule has 1 unspecified atom stereocenters. The highest BCUT2D eigenvalue weighted by Crippen LogP contribution is 2.22. The van der Waals surface area contributed by atoms with Gasteiger partial charge in [0, 0.05) is 44.6 Å². The monoisotopic (exact) mass is 273 g/mol. The van der Waals surface area contributed by atoms with Crippen LogP contribution in [0.4, 0.5) is 0 Å². The standard InChI is InChI=1S/C14H19N5O/c1-11-5-16-19(7-11)13-3-4-18(9-13)8-12-6-15-10-17(2)14(12)20/h5-7,10,13H,3-4,8-9H2,1-2H3. The summed E-state index contributed by atoms with van der Waals surface area (Å²) in [7, 11) is 1.73. The van der Waals surface area contributed by atoms with Crippen LogP contribution in [-0.2, 0) is 13.6 Å². The Kier molecular flexibility index (Phi) is 3.40. The van der Waals surface area contributed by atoms with Gasteiger partial charge in [-0.05, 0) is 18.9 Å². The lowest BCUT2D eigenvalue weighted by Gasteiger charge is -2.16. The van der Waals surface area contributed by atoms with Gasteiger partial charge in [0.25, 0.3) is 5.56 Å². The van der Waals surface area contributed by atoms with Gasteiger partial charge in [0.2, 0.25) is 0 Å². The number of hydrogen-bond acceptors (Lipinski definition) is 4. The summed E-state index contributed by atoms with van der Waals surface area (Å²) in [6, 6.07) is 0.407. The van der Waals surface area contributed by atoms with E-state index in [-0.39, 0.29) is 5.56 Å². The third-order valence-corrected chi connectivity index (χ3v) is 3.81. The molecule has 20 heavy (non-hydrogen) atoms. The maximum Gasteiger partial charge on any atom is 0.257 e. The zero-order valence-corrected chi connectivity index (χ0v) is 11.9. The molecule has 3 heterocycles. The van der Waals surface area contributed by atoms with Gasteiger partial charge in [0.1, 0.15) is 0 Å². The van der Waals surface area contributed by atoms with Crippen LogP contribution in [0.2, 0.25) is 0 Å². The highest BCUT2D eigenvalue weighted by atomic mass is 16.1. The average molecular weight is 273 g/mol. The van der Waals surface area contributed by atoms with Crippen molar-refractivity contribution in [1.29, 1.82) is 0 Å². The highest BCUT2D eigenvalue weighted by Gasteiger charge is 2.25. The second-order valence-corrected chi connectivity index (χ2v) is 5.51. The molecule has 1 fully saturated rings. The molecule has 0 aromatic carbocycles. The molecule has 2 aromatic heterocycles. The van der Waals surface area contributed by atoms with Crippen molar-refractivity contribution in [1.82, 2.24) is 24.2 Å². The minimum atomic E-state index is 0.0402. The molecule has 0 amide bonds. The summed E-state index contributed by atoms with van der Waals surface area (Å²) in [5.41, 5.74) is 1.98. The molecule has 1 aliphatic rings. The minimum absolute atomic E-state index is 0.0402. The molecular formula is C14H19N5O. The lowest BCUT2D eigenvalue weighted by molar-refractivity contribution is 0.309. The number of hydrogen-bond donors (Lipinski definition) is 0. The summed E-state index contributed by atoms with van der Waals surface area (Å²) in [6.07, 6.45) is 8.26. The van der Waals surface area contributed by atoms with Crippen molar-refractivity contribution in [3.8, 4) is 0 Å². The molecule has 3 rings (SSSR count). The van der Waals surface area contributed by atoms with Crippen molar-refractivity contribution >= 4 is 0 Å². The normalized spacial score (nSPS) is 19.6. The zero-order chi connectivity index (χ0) is 14.1. The van der Waals surface area contributed by atoms with Crippen LogP contribution >= 0.6 is 0 Å². The van der Waals surface area contributed by atoms with E-state index in [1.807, 2.05) is 10.9 Å². The van der Waals surface area contributed by atoms with Gasteiger partial charge < -0.3 is 4.57 Å². The first-order chi connectivity index (χ1) is 9.63. The van der Waals surface area contributed by atoms with Crippen molar-refractivity contribution in [3.05, 3.63) is 46.4 Å². The first-order valence-corrected chi connectivity index (χ1v) is 6.86. The molecule has 0 saturated carbocycles. The Bertz CT molecular complexity index is 660. The second-order valence-electron chi connectivity index (χ2n) is 5.51. The number of nitrogens with zero attached hydrogens (tertiary/aromatic N) is 5. The molecular weight excluding hydrogens is 254 g/mol. The molecule has 6 nitrogen and oxygen atoms in total. The largest absolute Gasteiger partial charge is 0.302 e. The first-order valence-electron chi connectivity index (χ1n) is 6.86. The van der Waals surface area contributed by atoms with Crippen molar-refractivity contribution < 1.29 is 0 Å². The Labute approximate surface area is 117 Å². The van der Waals surface area contributed by atoms with E-state index in [0.717, 1.165) is 25.1 Å². The van der Waals surface area contributed by atoms with Crippen molar-refractivity contribution in [2.45, 2.75) is 25.9 Å². The minimum Gasteiger partial charge on any atom is -0.302 e. The van der Waals surface area contributed by atoms with Crippen LogP contribution in [0.25, 0.3) is 0 Å². The molecule has 0 N–H and O–H groups in total. The first kappa shape index (κ1) is 13.1. The third-order valence-electron chi connectivity index (χ3n) is 3.81. The molecule has 1 saturated heterocycles. The Hall–Kier alpha value is -1.95. The predicted molar refractivity (Wildman–Crippen MR) is 75.4 cm³/mol. The number of aryl methyl sites for hydroxylation is 2. The van der Waals surface area contributed by atoms with E-state index in [9.17, 15) is 4.79 Å². The summed E-state index contributed by atoms with van der Waals surface area (Å²) in [5.74, 6) is 0. The van der Waals surface area contributed by atoms with Gasteiger partial charge in [-0.3, -0.25) is 14.4 Å². The van der Waals surface area contributed by atoms with E-state index in [0.29, 0.717) is 12.6 Å². The molecule has 1 atom stereocenters. The Morgan fingerprint density at radius 1 is 1.40 bits per heavy atom. The lowest BCUT2D eigenvalue weighted by Crippen LogP contribution is -2.28. The number of aromatic nitrogens is 4. The van der Waals surface area contributed by atoms with Crippen LogP contribution in [0.15, 0.2) is 29.7 Å². The van der Waals surface area contributed by atoms with Crippen molar-refractivity contribution in [2.75, 3.05) is 13.1 Å². The fourth-order valence-corrected chi connectivity index (χ4v) is 2.71. The maximum atomic E-state index is 12.0. The van der Waals surface area contributed by atoms with Gasteiger partial charge in [-0.25, -0.2) is 4.98 Å². The molecule has 0 bridgehead atoms. The van der Waals surface area contributed by atoms with Crippen LogP contribution in [0.5, 0.6) is 0 Å². The maximum absolute atomic E-state index is 12.0. The molecule has 2 aromatic rings. The fourth-order valence-electron chi connectivity index (χ4n) is 2.71. The van der Waals surface area contributed by atoms with E-state index in [4.69, 9.17) is 0 Å². The molecule has 6 heteroatoms. The van der Waals surface area contributed by atoms with Gasteiger partial charge in [-0.15, -0.1) is 0 Å². The lowest BCUT2D eigenvalue weighted by atomic mass is 10.3. The van der Waals surface area contributed by atoms with Gasteiger partial charge >= 0.3 is 0 Å². The van der Waals surface area contributed by atoms with Crippen molar-refractivity contribution in [2.24, 2.45) is 7.05 Å². The quantitative estimate of drug-likeness (QED) is 0.827. The smallest absolute Gasteiger partial charge is 0.257 e. The van der Waals surface area contributed by atoms with E-state index < -0.39 is 0 Å². The number of rotatable bonds is 3. The van der Waals surface area contributed by atoms with Crippen LogP contribution < -0.4 is 5.56 Å². The highest BCUT2D eigenvalue weighted by molar-refractivity contribution is 5.05. The van der Waals surface area contributed by atoms with E-state index in [2.05, 4.69) is 28.1 Å². The summed E-state index contributed by atoms with van der Waals surface area (Å²) in [5, 5.41) is 4.38. The van der Waals surface area contributed by atoms with Gasteiger partial charge in [-0.2, -0.15) is 5.10 Å². The predicted octanol–water partition coefficient (Wildman–Crippen LogP) is 0.732. The summed E-state index contributed by atoms with van der Waals surface area (Å²) in [4.78, 5) is 18.4. The average Bonchev–Trinajstić information content (AvgIpc) is 3.04. The molecule has 0 radical (unpaired) electrons. The fraction of sp³-hybridized carbons (Fsp3) is 0.500. The SMILES string of the molecule is Cc1cnn(C2CCN(Cc3cncn(C)c3=O)C2)c1. The van der Waals surface area contributed by atoms with Crippen LogP contribution in [0.1, 0.15) is 23.6 Å². The van der Waals surface area contributed by atoms with E-state index in [1.165, 1.54) is 10.1 Å². The molecule has 0 spiro atoms. The van der Waals surface area contributed by atoms with Gasteiger partial charge in [0.05, 0.1) is 18.6 Å². The van der Waals surface area contributed by atoms with Crippen LogP contribution in [0.3, 0.4) is 0 Å². The van der Waals surface area contributed by atoms with E-state index in [1.54, 1.807) is 19.6 Å². The van der Waals surface area contributed by atoms with E-state index >= 15 is 0 Å². The Morgan fingerprint density at radius 2 is 2.25 bits per heavy atom. The third kappa shape index (κ3) is 2.51. The summed E-state index contributed by atoms with van der Waals surface area (Å²) < 4.78 is 3.57. The van der Waals surface area contributed by atoms with Crippen molar-refractivity contribution in [3.63, 3.8) is 0 Å². The van der Waals surface area contributed by atoms with Crippen LogP contribution in [0, 0.1) is 6.92 Å².